The van der Waals surface area contributed by atoms with Gasteiger partial charge in [0, 0.05) is 22.6 Å². The van der Waals surface area contributed by atoms with Gasteiger partial charge in [-0.25, -0.2) is 4.79 Å². The van der Waals surface area contributed by atoms with E-state index in [4.69, 9.17) is 10.5 Å². The summed E-state index contributed by atoms with van der Waals surface area (Å²) in [6, 6.07) is 0. The summed E-state index contributed by atoms with van der Waals surface area (Å²) in [6.45, 7) is 2.36. The molecule has 6 rings (SSSR count). The van der Waals surface area contributed by atoms with Gasteiger partial charge in [-0.3, -0.25) is 0 Å². The van der Waals surface area contributed by atoms with E-state index in [-0.39, 0.29) is 22.4 Å². The van der Waals surface area contributed by atoms with Gasteiger partial charge in [0.2, 0.25) is 0 Å². The third-order valence-electron chi connectivity index (χ3n) is 9.63. The van der Waals surface area contributed by atoms with Crippen LogP contribution in [-0.2, 0) is 9.53 Å². The monoisotopic (exact) mass is 365 g/mol. The van der Waals surface area contributed by atoms with Crippen LogP contribution in [0.15, 0.2) is 35.1 Å². The number of ether oxygens (including phenoxy) is 1. The molecule has 0 saturated heterocycles. The highest BCUT2D eigenvalue weighted by Gasteiger charge is 2.78. The molecule has 0 bridgehead atoms. The molecule has 5 atom stereocenters. The molecule has 0 aromatic heterocycles. The van der Waals surface area contributed by atoms with Gasteiger partial charge in [0.05, 0.1) is 0 Å². The number of hydrogen-bond donors (Lipinski definition) is 1. The van der Waals surface area contributed by atoms with Gasteiger partial charge >= 0.3 is 5.97 Å². The number of carbonyl (C=O) groups is 1. The molecule has 3 unspecified atom stereocenters. The summed E-state index contributed by atoms with van der Waals surface area (Å²) in [5, 5.41) is 0. The zero-order valence-electron chi connectivity index (χ0n) is 16.4. The van der Waals surface area contributed by atoms with Gasteiger partial charge in [-0.1, -0.05) is 12.5 Å². The maximum absolute atomic E-state index is 12.2. The molecular weight excluding hydrogens is 334 g/mol. The smallest absolute Gasteiger partial charge is 0.331 e. The zero-order valence-corrected chi connectivity index (χ0v) is 16.4. The van der Waals surface area contributed by atoms with Crippen molar-refractivity contribution < 1.29 is 9.53 Å². The Balaban J connectivity index is 1.43. The molecule has 1 heterocycles. The number of carbonyl (C=O) groups excluding carboxylic acids is 1. The number of hydrogen-bond acceptors (Lipinski definition) is 3. The molecule has 0 amide bonds. The Kier molecular flexibility index (Phi) is 3.10. The van der Waals surface area contributed by atoms with E-state index in [0.717, 1.165) is 30.4 Å². The highest BCUT2D eigenvalue weighted by Crippen LogP contribution is 2.79. The van der Waals surface area contributed by atoms with Crippen molar-refractivity contribution in [1.29, 1.82) is 0 Å². The Hall–Kier alpha value is -1.51. The van der Waals surface area contributed by atoms with E-state index in [1.54, 1.807) is 17.2 Å². The quantitative estimate of drug-likeness (QED) is 0.680. The summed E-state index contributed by atoms with van der Waals surface area (Å²) < 4.78 is 6.26. The molecule has 5 aliphatic carbocycles. The predicted octanol–water partition coefficient (Wildman–Crippen LogP) is 4.79. The minimum atomic E-state index is -0.299. The van der Waals surface area contributed by atoms with E-state index in [2.05, 4.69) is 19.1 Å². The first kappa shape index (κ1) is 16.4. The molecule has 3 saturated carbocycles. The van der Waals surface area contributed by atoms with Gasteiger partial charge in [-0.05, 0) is 99.7 Å². The average Bonchev–Trinajstić information content (AvgIpc) is 3.28. The fourth-order valence-electron chi connectivity index (χ4n) is 8.45. The van der Waals surface area contributed by atoms with Crippen molar-refractivity contribution in [2.45, 2.75) is 76.7 Å². The summed E-state index contributed by atoms with van der Waals surface area (Å²) in [5.74, 6) is 2.12. The van der Waals surface area contributed by atoms with Gasteiger partial charge < -0.3 is 10.5 Å². The van der Waals surface area contributed by atoms with Crippen molar-refractivity contribution in [3.63, 3.8) is 0 Å². The van der Waals surface area contributed by atoms with Crippen LogP contribution in [0, 0.1) is 28.6 Å². The molecule has 3 heteroatoms. The van der Waals surface area contributed by atoms with Crippen LogP contribution in [0.25, 0.3) is 0 Å². The molecule has 2 spiro atoms. The third-order valence-corrected chi connectivity index (χ3v) is 9.63. The van der Waals surface area contributed by atoms with Crippen molar-refractivity contribution in [3.8, 4) is 0 Å². The number of rotatable bonds is 1. The van der Waals surface area contributed by atoms with Gasteiger partial charge in [-0.2, -0.15) is 0 Å². The first-order chi connectivity index (χ1) is 13.0. The van der Waals surface area contributed by atoms with E-state index >= 15 is 0 Å². The normalized spacial score (nSPS) is 46.2. The topological polar surface area (TPSA) is 52.3 Å². The minimum absolute atomic E-state index is 0.0987. The zero-order chi connectivity index (χ0) is 18.4. The van der Waals surface area contributed by atoms with Gasteiger partial charge in [0.1, 0.15) is 5.60 Å². The molecular formula is C24H31NO2. The van der Waals surface area contributed by atoms with Gasteiger partial charge in [0.15, 0.2) is 0 Å². The SMILES string of the molecule is CC[C@]12CCC3C4=C(C=C(N)CC4)CCC3C1CC1(CC1)[C@@]21C=CC(=O)O1. The first-order valence-electron chi connectivity index (χ1n) is 11.1. The number of nitrogens with two attached hydrogens (primary N) is 1. The molecule has 2 N–H and O–H groups in total. The lowest BCUT2D eigenvalue weighted by Gasteiger charge is -2.55. The van der Waals surface area contributed by atoms with Gasteiger partial charge in [0.25, 0.3) is 0 Å². The molecule has 1 aliphatic heterocycles. The lowest BCUT2D eigenvalue weighted by Crippen LogP contribution is -2.54. The second kappa shape index (κ2) is 5.10. The van der Waals surface area contributed by atoms with Crippen LogP contribution in [0.5, 0.6) is 0 Å². The van der Waals surface area contributed by atoms with Crippen LogP contribution in [0.1, 0.15) is 71.1 Å². The Morgan fingerprint density at radius 3 is 2.74 bits per heavy atom. The summed E-state index contributed by atoms with van der Waals surface area (Å²) in [7, 11) is 0. The van der Waals surface area contributed by atoms with Crippen LogP contribution < -0.4 is 5.73 Å². The largest absolute Gasteiger partial charge is 0.450 e. The third kappa shape index (κ3) is 1.82. The van der Waals surface area contributed by atoms with Crippen LogP contribution in [0.4, 0.5) is 0 Å². The fourth-order valence-corrected chi connectivity index (χ4v) is 8.45. The summed E-state index contributed by atoms with van der Waals surface area (Å²) in [6.07, 6.45) is 18.3. The summed E-state index contributed by atoms with van der Waals surface area (Å²) >= 11 is 0. The highest BCUT2D eigenvalue weighted by atomic mass is 16.6. The Bertz CT molecular complexity index is 816. The molecule has 3 fully saturated rings. The lowest BCUT2D eigenvalue weighted by molar-refractivity contribution is -0.170. The van der Waals surface area contributed by atoms with E-state index < -0.39 is 0 Å². The van der Waals surface area contributed by atoms with E-state index in [0.29, 0.717) is 5.92 Å². The predicted molar refractivity (Wildman–Crippen MR) is 104 cm³/mol. The lowest BCUT2D eigenvalue weighted by atomic mass is 9.51. The van der Waals surface area contributed by atoms with E-state index in [9.17, 15) is 4.79 Å². The van der Waals surface area contributed by atoms with Crippen LogP contribution in [0.2, 0.25) is 0 Å². The second-order valence-electron chi connectivity index (χ2n) is 10.2. The van der Waals surface area contributed by atoms with Crippen molar-refractivity contribution in [1.82, 2.24) is 0 Å². The Labute approximate surface area is 162 Å². The van der Waals surface area contributed by atoms with E-state index in [1.165, 1.54) is 51.4 Å². The van der Waals surface area contributed by atoms with Crippen molar-refractivity contribution in [3.05, 3.63) is 35.1 Å². The van der Waals surface area contributed by atoms with Crippen LogP contribution in [0.3, 0.4) is 0 Å². The van der Waals surface area contributed by atoms with Crippen molar-refractivity contribution in [2.75, 3.05) is 0 Å². The number of esters is 1. The maximum Gasteiger partial charge on any atom is 0.331 e. The summed E-state index contributed by atoms with van der Waals surface area (Å²) in [4.78, 5) is 12.2. The Morgan fingerprint density at radius 2 is 2.04 bits per heavy atom. The van der Waals surface area contributed by atoms with Crippen molar-refractivity contribution in [2.24, 2.45) is 34.3 Å². The molecule has 3 nitrogen and oxygen atoms in total. The number of fused-ring (bicyclic) bond motifs is 6. The van der Waals surface area contributed by atoms with Crippen LogP contribution in [-0.4, -0.2) is 11.6 Å². The molecule has 0 radical (unpaired) electrons. The van der Waals surface area contributed by atoms with Crippen molar-refractivity contribution >= 4 is 5.97 Å². The second-order valence-corrected chi connectivity index (χ2v) is 10.2. The number of allylic oxidation sites excluding steroid dienone is 4. The Morgan fingerprint density at radius 1 is 1.19 bits per heavy atom. The van der Waals surface area contributed by atoms with Crippen LogP contribution >= 0.6 is 0 Å². The molecule has 0 aromatic rings. The standard InChI is InChI=1S/C24H31NO2/c1-2-23-9-7-18-17-6-4-16(25)13-15(17)3-5-19(18)20(23)14-22(11-12-22)24(23)10-8-21(26)27-24/h8,10,13,18-20H,2-7,9,11-12,14,25H2,1H3/t18?,19?,20?,23-,24-/m0/s1. The summed E-state index contributed by atoms with van der Waals surface area (Å²) in [5.41, 5.74) is 10.6. The fraction of sp³-hybridized carbons (Fsp3) is 0.708. The van der Waals surface area contributed by atoms with E-state index in [1.807, 2.05) is 0 Å². The average molecular weight is 366 g/mol. The molecule has 27 heavy (non-hydrogen) atoms. The van der Waals surface area contributed by atoms with Gasteiger partial charge in [-0.15, -0.1) is 0 Å². The first-order valence-corrected chi connectivity index (χ1v) is 11.1. The minimum Gasteiger partial charge on any atom is -0.450 e. The molecule has 6 aliphatic rings. The highest BCUT2D eigenvalue weighted by molar-refractivity contribution is 5.86. The maximum atomic E-state index is 12.2. The molecule has 0 aromatic carbocycles. The molecule has 144 valence electrons.